The van der Waals surface area contributed by atoms with Crippen molar-refractivity contribution in [2.45, 2.75) is 58.2 Å². The predicted octanol–water partition coefficient (Wildman–Crippen LogP) is 2.93. The van der Waals surface area contributed by atoms with Gasteiger partial charge in [0.1, 0.15) is 0 Å². The van der Waals surface area contributed by atoms with E-state index in [0.717, 1.165) is 13.1 Å². The van der Waals surface area contributed by atoms with Crippen LogP contribution < -0.4 is 5.32 Å². The summed E-state index contributed by atoms with van der Waals surface area (Å²) in [7, 11) is 0. The van der Waals surface area contributed by atoms with Gasteiger partial charge in [0.25, 0.3) is 0 Å². The first-order chi connectivity index (χ1) is 7.28. The third-order valence-corrected chi connectivity index (χ3v) is 3.83. The minimum atomic E-state index is 0.467. The molecule has 0 radical (unpaired) electrons. The van der Waals surface area contributed by atoms with E-state index < -0.39 is 0 Å². The van der Waals surface area contributed by atoms with E-state index in [1.54, 1.807) is 0 Å². The summed E-state index contributed by atoms with van der Waals surface area (Å²) in [6, 6.07) is 2.22. The molecule has 0 amide bonds. The zero-order chi connectivity index (χ0) is 10.7. The van der Waals surface area contributed by atoms with Crippen LogP contribution >= 0.6 is 0 Å². The Bertz CT molecular complexity index is 305. The number of nitrogens with zero attached hydrogens (tertiary/aromatic N) is 1. The van der Waals surface area contributed by atoms with Gasteiger partial charge in [-0.1, -0.05) is 6.92 Å². The molecule has 1 heterocycles. The van der Waals surface area contributed by atoms with Crippen LogP contribution in [0.2, 0.25) is 0 Å². The lowest BCUT2D eigenvalue weighted by Gasteiger charge is -2.42. The molecule has 1 aromatic rings. The van der Waals surface area contributed by atoms with Crippen molar-refractivity contribution in [3.05, 3.63) is 24.0 Å². The molecule has 1 aliphatic rings. The number of hydrogen-bond acceptors (Lipinski definition) is 1. The van der Waals surface area contributed by atoms with Gasteiger partial charge in [0.2, 0.25) is 0 Å². The minimum Gasteiger partial charge on any atom is -0.354 e. The molecule has 2 nitrogen and oxygen atoms in total. The molecule has 15 heavy (non-hydrogen) atoms. The lowest BCUT2D eigenvalue weighted by atomic mass is 9.75. The molecule has 2 rings (SSSR count). The molecule has 0 aromatic carbocycles. The molecule has 0 bridgehead atoms. The van der Waals surface area contributed by atoms with Gasteiger partial charge in [-0.25, -0.2) is 0 Å². The number of nitrogens with one attached hydrogen (secondary N) is 1. The lowest BCUT2D eigenvalue weighted by molar-refractivity contribution is 0.175. The standard InChI is InChI=1S/C13H22N2/c1-3-13(7-5-8-13)14-10-12-6-9-15(4-2)11-12/h6,9,11,14H,3-5,7-8,10H2,1-2H3. The number of hydrogen-bond donors (Lipinski definition) is 1. The summed E-state index contributed by atoms with van der Waals surface area (Å²) in [4.78, 5) is 0. The molecule has 1 saturated carbocycles. The van der Waals surface area contributed by atoms with E-state index in [-0.39, 0.29) is 0 Å². The van der Waals surface area contributed by atoms with E-state index in [9.17, 15) is 0 Å². The molecule has 1 N–H and O–H groups in total. The second-order valence-corrected chi connectivity index (χ2v) is 4.69. The summed E-state index contributed by atoms with van der Waals surface area (Å²) < 4.78 is 2.23. The number of aryl methyl sites for hydroxylation is 1. The molecule has 1 fully saturated rings. The van der Waals surface area contributed by atoms with Crippen molar-refractivity contribution in [2.75, 3.05) is 0 Å². The molecule has 1 aromatic heterocycles. The Kier molecular flexibility index (Phi) is 3.15. The third kappa shape index (κ3) is 2.25. The van der Waals surface area contributed by atoms with Crippen LogP contribution in [0, 0.1) is 0 Å². The Labute approximate surface area is 92.7 Å². The minimum absolute atomic E-state index is 0.467. The van der Waals surface area contributed by atoms with Crippen molar-refractivity contribution < 1.29 is 0 Å². The van der Waals surface area contributed by atoms with Crippen LogP contribution in [0.25, 0.3) is 0 Å². The van der Waals surface area contributed by atoms with Gasteiger partial charge in [0.05, 0.1) is 0 Å². The largest absolute Gasteiger partial charge is 0.354 e. The Hall–Kier alpha value is -0.760. The monoisotopic (exact) mass is 206 g/mol. The van der Waals surface area contributed by atoms with E-state index in [1.165, 1.54) is 31.2 Å². The van der Waals surface area contributed by atoms with Crippen molar-refractivity contribution in [2.24, 2.45) is 0 Å². The maximum Gasteiger partial charge on any atom is 0.0225 e. The quantitative estimate of drug-likeness (QED) is 0.784. The SMILES string of the molecule is CCn1ccc(CNC2(CC)CCC2)c1. The number of aromatic nitrogens is 1. The first-order valence-corrected chi connectivity index (χ1v) is 6.18. The van der Waals surface area contributed by atoms with Crippen molar-refractivity contribution in [1.29, 1.82) is 0 Å². The summed E-state index contributed by atoms with van der Waals surface area (Å²) in [5.41, 5.74) is 1.88. The zero-order valence-corrected chi connectivity index (χ0v) is 9.92. The van der Waals surface area contributed by atoms with Gasteiger partial charge in [-0.2, -0.15) is 0 Å². The van der Waals surface area contributed by atoms with Crippen LogP contribution in [-0.4, -0.2) is 10.1 Å². The van der Waals surface area contributed by atoms with E-state index in [2.05, 4.69) is 42.2 Å². The highest BCUT2D eigenvalue weighted by atomic mass is 15.0. The zero-order valence-electron chi connectivity index (χ0n) is 9.92. The van der Waals surface area contributed by atoms with E-state index in [0.29, 0.717) is 5.54 Å². The van der Waals surface area contributed by atoms with Gasteiger partial charge in [0, 0.05) is 31.0 Å². The summed E-state index contributed by atoms with van der Waals surface area (Å²) >= 11 is 0. The third-order valence-electron chi connectivity index (χ3n) is 3.83. The summed E-state index contributed by atoms with van der Waals surface area (Å²) in [6.45, 7) is 6.57. The molecule has 84 valence electrons. The maximum absolute atomic E-state index is 3.72. The fourth-order valence-electron chi connectivity index (χ4n) is 2.34. The smallest absolute Gasteiger partial charge is 0.0225 e. The van der Waals surface area contributed by atoms with E-state index in [1.807, 2.05) is 0 Å². The van der Waals surface area contributed by atoms with Gasteiger partial charge in [-0.05, 0) is 44.2 Å². The van der Waals surface area contributed by atoms with Crippen molar-refractivity contribution >= 4 is 0 Å². The first-order valence-electron chi connectivity index (χ1n) is 6.18. The molecule has 0 spiro atoms. The molecule has 0 unspecified atom stereocenters. The molecule has 0 saturated heterocycles. The molecule has 2 heteroatoms. The lowest BCUT2D eigenvalue weighted by Crippen LogP contribution is -2.49. The fourth-order valence-corrected chi connectivity index (χ4v) is 2.34. The Morgan fingerprint density at radius 1 is 1.40 bits per heavy atom. The van der Waals surface area contributed by atoms with Crippen LogP contribution in [0.5, 0.6) is 0 Å². The molecule has 0 aliphatic heterocycles. The van der Waals surface area contributed by atoms with E-state index in [4.69, 9.17) is 0 Å². The second kappa shape index (κ2) is 4.40. The van der Waals surface area contributed by atoms with E-state index >= 15 is 0 Å². The predicted molar refractivity (Wildman–Crippen MR) is 63.8 cm³/mol. The normalized spacial score (nSPS) is 18.8. The first kappa shape index (κ1) is 10.7. The Balaban J connectivity index is 1.86. The van der Waals surface area contributed by atoms with Crippen molar-refractivity contribution in [3.8, 4) is 0 Å². The highest BCUT2D eigenvalue weighted by molar-refractivity contribution is 5.11. The summed E-state index contributed by atoms with van der Waals surface area (Å²) in [6.07, 6.45) is 9.79. The van der Waals surface area contributed by atoms with Gasteiger partial charge in [-0.15, -0.1) is 0 Å². The maximum atomic E-state index is 3.72. The highest BCUT2D eigenvalue weighted by Gasteiger charge is 2.34. The second-order valence-electron chi connectivity index (χ2n) is 4.69. The van der Waals surface area contributed by atoms with Gasteiger partial charge < -0.3 is 9.88 Å². The van der Waals surface area contributed by atoms with Crippen LogP contribution in [0.4, 0.5) is 0 Å². The van der Waals surface area contributed by atoms with Crippen molar-refractivity contribution in [3.63, 3.8) is 0 Å². The highest BCUT2D eigenvalue weighted by Crippen LogP contribution is 2.34. The van der Waals surface area contributed by atoms with Crippen LogP contribution in [0.15, 0.2) is 18.5 Å². The molecular formula is C13H22N2. The summed E-state index contributed by atoms with van der Waals surface area (Å²) in [5.74, 6) is 0. The topological polar surface area (TPSA) is 17.0 Å². The van der Waals surface area contributed by atoms with Gasteiger partial charge in [0.15, 0.2) is 0 Å². The van der Waals surface area contributed by atoms with Gasteiger partial charge >= 0.3 is 0 Å². The van der Waals surface area contributed by atoms with Crippen LogP contribution in [0.1, 0.15) is 45.1 Å². The van der Waals surface area contributed by atoms with Crippen molar-refractivity contribution in [1.82, 2.24) is 9.88 Å². The molecule has 1 aliphatic carbocycles. The Morgan fingerprint density at radius 3 is 2.67 bits per heavy atom. The molecule has 0 atom stereocenters. The number of rotatable bonds is 5. The molecular weight excluding hydrogens is 184 g/mol. The van der Waals surface area contributed by atoms with Crippen LogP contribution in [-0.2, 0) is 13.1 Å². The van der Waals surface area contributed by atoms with Crippen LogP contribution in [0.3, 0.4) is 0 Å². The summed E-state index contributed by atoms with van der Waals surface area (Å²) in [5, 5.41) is 3.72. The fraction of sp³-hybridized carbons (Fsp3) is 0.692. The average molecular weight is 206 g/mol. The average Bonchev–Trinajstić information content (AvgIpc) is 2.65. The Morgan fingerprint density at radius 2 is 2.20 bits per heavy atom. The van der Waals surface area contributed by atoms with Gasteiger partial charge in [-0.3, -0.25) is 0 Å².